The number of carbonyl (C=O) groups excluding carboxylic acids is 2. The van der Waals surface area contributed by atoms with E-state index in [1.807, 2.05) is 23.1 Å². The minimum Gasteiger partial charge on any atom is -0.368 e. The monoisotopic (exact) mass is 377 g/mol. The number of fused-ring (bicyclic) bond motifs is 1. The number of piperazine rings is 1. The maximum atomic E-state index is 12.8. The minimum atomic E-state index is 0.0915. The van der Waals surface area contributed by atoms with E-state index in [2.05, 4.69) is 48.3 Å². The van der Waals surface area contributed by atoms with Crippen molar-refractivity contribution in [3.8, 4) is 0 Å². The Labute approximate surface area is 166 Å². The van der Waals surface area contributed by atoms with Gasteiger partial charge in [0.1, 0.15) is 0 Å². The smallest absolute Gasteiger partial charge is 0.253 e. The Morgan fingerprint density at radius 2 is 1.68 bits per heavy atom. The predicted octanol–water partition coefficient (Wildman–Crippen LogP) is 3.66. The van der Waals surface area contributed by atoms with Gasteiger partial charge in [-0.05, 0) is 53.8 Å². The molecule has 2 aromatic rings. The topological polar surface area (TPSA) is 52.7 Å². The van der Waals surface area contributed by atoms with Crippen LogP contribution in [0.4, 0.5) is 11.4 Å². The van der Waals surface area contributed by atoms with Gasteiger partial charge in [0.25, 0.3) is 5.91 Å². The van der Waals surface area contributed by atoms with Gasteiger partial charge in [-0.2, -0.15) is 0 Å². The molecule has 2 aliphatic heterocycles. The van der Waals surface area contributed by atoms with Crippen molar-refractivity contribution in [2.24, 2.45) is 0 Å². The first kappa shape index (κ1) is 18.5. The van der Waals surface area contributed by atoms with Gasteiger partial charge in [0, 0.05) is 49.5 Å². The Kier molecular flexibility index (Phi) is 5.07. The number of carbonyl (C=O) groups is 2. The van der Waals surface area contributed by atoms with Gasteiger partial charge < -0.3 is 15.1 Å². The molecule has 2 heterocycles. The summed E-state index contributed by atoms with van der Waals surface area (Å²) in [6.07, 6.45) is 1.34. The lowest BCUT2D eigenvalue weighted by atomic mass is 10.0. The van der Waals surface area contributed by atoms with E-state index < -0.39 is 0 Å². The van der Waals surface area contributed by atoms with Gasteiger partial charge in [0.15, 0.2) is 0 Å². The Balaban J connectivity index is 1.39. The van der Waals surface area contributed by atoms with E-state index in [1.54, 1.807) is 0 Å². The van der Waals surface area contributed by atoms with Gasteiger partial charge in [0.2, 0.25) is 5.91 Å². The number of rotatable bonds is 3. The van der Waals surface area contributed by atoms with E-state index in [4.69, 9.17) is 0 Å². The fourth-order valence-corrected chi connectivity index (χ4v) is 3.93. The zero-order valence-corrected chi connectivity index (χ0v) is 16.6. The zero-order chi connectivity index (χ0) is 19.7. The van der Waals surface area contributed by atoms with Gasteiger partial charge in [-0.25, -0.2) is 0 Å². The van der Waals surface area contributed by atoms with Crippen LogP contribution < -0.4 is 10.2 Å². The number of nitrogens with one attached hydrogen (secondary N) is 1. The molecule has 0 aromatic heterocycles. The van der Waals surface area contributed by atoms with Gasteiger partial charge in [-0.3, -0.25) is 9.59 Å². The third-order valence-corrected chi connectivity index (χ3v) is 5.74. The highest BCUT2D eigenvalue weighted by Gasteiger charge is 2.23. The van der Waals surface area contributed by atoms with E-state index in [1.165, 1.54) is 16.8 Å². The number of amides is 2. The molecule has 1 fully saturated rings. The second-order valence-corrected chi connectivity index (χ2v) is 7.95. The fraction of sp³-hybridized carbons (Fsp3) is 0.391. The molecule has 5 heteroatoms. The van der Waals surface area contributed by atoms with Crippen LogP contribution in [0.1, 0.15) is 47.7 Å². The van der Waals surface area contributed by atoms with Gasteiger partial charge >= 0.3 is 0 Å². The van der Waals surface area contributed by atoms with Gasteiger partial charge in [0.05, 0.1) is 0 Å². The number of hydrogen-bond acceptors (Lipinski definition) is 3. The summed E-state index contributed by atoms with van der Waals surface area (Å²) in [7, 11) is 0. The van der Waals surface area contributed by atoms with Crippen molar-refractivity contribution in [3.63, 3.8) is 0 Å². The third-order valence-electron chi connectivity index (χ3n) is 5.74. The third kappa shape index (κ3) is 3.75. The summed E-state index contributed by atoms with van der Waals surface area (Å²) in [5.74, 6) is 0.676. The summed E-state index contributed by atoms with van der Waals surface area (Å²) in [5.41, 5.74) is 5.31. The number of aryl methyl sites for hydroxylation is 1. The molecule has 2 aliphatic rings. The van der Waals surface area contributed by atoms with Crippen LogP contribution in [0, 0.1) is 0 Å². The number of benzene rings is 2. The number of nitrogens with zero attached hydrogens (tertiary/aromatic N) is 2. The molecule has 0 saturated carbocycles. The molecule has 1 saturated heterocycles. The largest absolute Gasteiger partial charge is 0.368 e. The highest BCUT2D eigenvalue weighted by Crippen LogP contribution is 2.28. The maximum absolute atomic E-state index is 12.8. The van der Waals surface area contributed by atoms with Crippen LogP contribution in [0.25, 0.3) is 0 Å². The van der Waals surface area contributed by atoms with Crippen molar-refractivity contribution in [2.75, 3.05) is 36.4 Å². The molecular weight excluding hydrogens is 350 g/mol. The zero-order valence-electron chi connectivity index (χ0n) is 16.6. The van der Waals surface area contributed by atoms with Crippen LogP contribution in [0.2, 0.25) is 0 Å². The average Bonchev–Trinajstić information content (AvgIpc) is 2.73. The van der Waals surface area contributed by atoms with Crippen molar-refractivity contribution >= 4 is 23.2 Å². The van der Waals surface area contributed by atoms with Crippen LogP contribution in [0.3, 0.4) is 0 Å². The van der Waals surface area contributed by atoms with Crippen molar-refractivity contribution in [2.45, 2.75) is 32.6 Å². The van der Waals surface area contributed by atoms with E-state index in [0.29, 0.717) is 12.3 Å². The van der Waals surface area contributed by atoms with Gasteiger partial charge in [-0.1, -0.05) is 26.0 Å². The minimum absolute atomic E-state index is 0.0915. The summed E-state index contributed by atoms with van der Waals surface area (Å²) in [6, 6.07) is 14.2. The first-order valence-electron chi connectivity index (χ1n) is 10.1. The molecule has 5 nitrogen and oxygen atoms in total. The molecule has 0 spiro atoms. The molecule has 0 radical (unpaired) electrons. The molecule has 4 rings (SSSR count). The SMILES string of the molecule is CC(C)c1ccc(C(=O)N2CCN(c3ccc4c(c3)CCC(=O)N4)CC2)cc1. The van der Waals surface area contributed by atoms with Crippen molar-refractivity contribution in [1.29, 1.82) is 0 Å². The quantitative estimate of drug-likeness (QED) is 0.888. The first-order valence-corrected chi connectivity index (χ1v) is 10.1. The lowest BCUT2D eigenvalue weighted by molar-refractivity contribution is -0.116. The lowest BCUT2D eigenvalue weighted by Crippen LogP contribution is -2.48. The van der Waals surface area contributed by atoms with Crippen LogP contribution in [-0.4, -0.2) is 42.9 Å². The summed E-state index contributed by atoms with van der Waals surface area (Å²) in [4.78, 5) is 28.6. The van der Waals surface area contributed by atoms with E-state index in [-0.39, 0.29) is 11.8 Å². The van der Waals surface area contributed by atoms with E-state index >= 15 is 0 Å². The van der Waals surface area contributed by atoms with Crippen LogP contribution >= 0.6 is 0 Å². The molecule has 0 aliphatic carbocycles. The molecular formula is C23H27N3O2. The normalized spacial score (nSPS) is 16.8. The molecule has 2 amide bonds. The number of anilines is 2. The maximum Gasteiger partial charge on any atom is 0.253 e. The molecule has 0 unspecified atom stereocenters. The van der Waals surface area contributed by atoms with Crippen LogP contribution in [0.5, 0.6) is 0 Å². The Hall–Kier alpha value is -2.82. The second-order valence-electron chi connectivity index (χ2n) is 7.95. The van der Waals surface area contributed by atoms with Gasteiger partial charge in [-0.15, -0.1) is 0 Å². The van der Waals surface area contributed by atoms with Crippen LogP contribution in [0.15, 0.2) is 42.5 Å². The molecule has 1 N–H and O–H groups in total. The highest BCUT2D eigenvalue weighted by molar-refractivity contribution is 5.95. The van der Waals surface area contributed by atoms with Crippen molar-refractivity contribution < 1.29 is 9.59 Å². The van der Waals surface area contributed by atoms with Crippen LogP contribution in [-0.2, 0) is 11.2 Å². The molecule has 28 heavy (non-hydrogen) atoms. The van der Waals surface area contributed by atoms with Crippen molar-refractivity contribution in [3.05, 3.63) is 59.2 Å². The molecule has 2 aromatic carbocycles. The highest BCUT2D eigenvalue weighted by atomic mass is 16.2. The molecule has 146 valence electrons. The summed E-state index contributed by atoms with van der Waals surface area (Å²) in [6.45, 7) is 7.40. The number of hydrogen-bond donors (Lipinski definition) is 1. The Morgan fingerprint density at radius 3 is 2.36 bits per heavy atom. The predicted molar refractivity (Wildman–Crippen MR) is 112 cm³/mol. The Morgan fingerprint density at radius 1 is 0.964 bits per heavy atom. The fourth-order valence-electron chi connectivity index (χ4n) is 3.93. The Bertz CT molecular complexity index is 881. The summed E-state index contributed by atoms with van der Waals surface area (Å²) in [5, 5.41) is 2.93. The summed E-state index contributed by atoms with van der Waals surface area (Å²) >= 11 is 0. The summed E-state index contributed by atoms with van der Waals surface area (Å²) < 4.78 is 0. The van der Waals surface area contributed by atoms with E-state index in [9.17, 15) is 9.59 Å². The first-order chi connectivity index (χ1) is 13.5. The molecule has 0 bridgehead atoms. The lowest BCUT2D eigenvalue weighted by Gasteiger charge is -2.36. The second kappa shape index (κ2) is 7.66. The average molecular weight is 377 g/mol. The van der Waals surface area contributed by atoms with E-state index in [0.717, 1.165) is 43.9 Å². The van der Waals surface area contributed by atoms with Crippen molar-refractivity contribution in [1.82, 2.24) is 4.90 Å². The standard InChI is InChI=1S/C23H27N3O2/c1-16(2)17-3-5-18(6-4-17)23(28)26-13-11-25(12-14-26)20-8-9-21-19(15-20)7-10-22(27)24-21/h3-6,8-9,15-16H,7,10-14H2,1-2H3,(H,24,27). The molecule has 0 atom stereocenters.